The van der Waals surface area contributed by atoms with Crippen LogP contribution in [0.2, 0.25) is 0 Å². The monoisotopic (exact) mass is 305 g/mol. The van der Waals surface area contributed by atoms with Crippen molar-refractivity contribution in [3.8, 4) is 0 Å². The molecule has 0 bridgehead atoms. The van der Waals surface area contributed by atoms with E-state index >= 15 is 0 Å². The molecule has 0 saturated heterocycles. The van der Waals surface area contributed by atoms with E-state index in [4.69, 9.17) is 9.26 Å². The van der Waals surface area contributed by atoms with E-state index in [9.17, 15) is 9.59 Å². The van der Waals surface area contributed by atoms with Crippen LogP contribution >= 0.6 is 0 Å². The molecule has 1 N–H and O–H groups in total. The van der Waals surface area contributed by atoms with Crippen LogP contribution < -0.4 is 5.32 Å². The van der Waals surface area contributed by atoms with Crippen LogP contribution in [0.1, 0.15) is 36.3 Å². The first kappa shape index (κ1) is 15.9. The fraction of sp³-hybridized carbons (Fsp3) is 0.467. The minimum atomic E-state index is -0.684. The third-order valence-electron chi connectivity index (χ3n) is 3.27. The molecule has 2 aromatic rings. The molecule has 118 valence electrons. The number of ether oxygens (including phenoxy) is 1. The van der Waals surface area contributed by atoms with Gasteiger partial charge in [-0.15, -0.1) is 0 Å². The number of fused-ring (bicyclic) bond motifs is 1. The average Bonchev–Trinajstić information content (AvgIpc) is 2.86. The van der Waals surface area contributed by atoms with E-state index in [1.54, 1.807) is 13.0 Å². The molecule has 0 aliphatic carbocycles. The molecule has 0 aliphatic heterocycles. The lowest BCUT2D eigenvalue weighted by atomic mass is 10.0. The molecular formula is C15H19N3O4. The molecule has 2 heterocycles. The van der Waals surface area contributed by atoms with Crippen molar-refractivity contribution in [2.24, 2.45) is 5.92 Å². The Labute approximate surface area is 128 Å². The van der Waals surface area contributed by atoms with Crippen LogP contribution in [0.5, 0.6) is 0 Å². The van der Waals surface area contributed by atoms with Crippen LogP contribution in [0, 0.1) is 12.8 Å². The van der Waals surface area contributed by atoms with Crippen LogP contribution in [0.3, 0.4) is 0 Å². The topological polar surface area (TPSA) is 94.3 Å². The van der Waals surface area contributed by atoms with Crippen molar-refractivity contribution in [1.82, 2.24) is 15.5 Å². The van der Waals surface area contributed by atoms with Crippen LogP contribution in [0.25, 0.3) is 11.1 Å². The molecule has 0 fully saturated rings. The highest BCUT2D eigenvalue weighted by atomic mass is 16.5. The molecule has 0 aromatic carbocycles. The maximum atomic E-state index is 12.3. The average molecular weight is 305 g/mol. The zero-order chi connectivity index (χ0) is 16.3. The van der Waals surface area contributed by atoms with Gasteiger partial charge in [-0.05, 0) is 25.3 Å². The third-order valence-corrected chi connectivity index (χ3v) is 3.27. The highest BCUT2D eigenvalue weighted by Gasteiger charge is 2.23. The van der Waals surface area contributed by atoms with Crippen molar-refractivity contribution in [1.29, 1.82) is 0 Å². The van der Waals surface area contributed by atoms with Gasteiger partial charge in [-0.25, -0.2) is 9.78 Å². The Morgan fingerprint density at radius 3 is 2.77 bits per heavy atom. The minimum absolute atomic E-state index is 0.241. The summed E-state index contributed by atoms with van der Waals surface area (Å²) in [5, 5.41) is 7.15. The van der Waals surface area contributed by atoms with E-state index in [1.807, 2.05) is 13.8 Å². The Morgan fingerprint density at radius 1 is 1.41 bits per heavy atom. The molecule has 0 saturated carbocycles. The molecule has 0 unspecified atom stereocenters. The first-order chi connectivity index (χ1) is 10.4. The summed E-state index contributed by atoms with van der Waals surface area (Å²) in [6.45, 7) is 5.71. The number of amides is 1. The molecular weight excluding hydrogens is 286 g/mol. The van der Waals surface area contributed by atoms with Gasteiger partial charge in [0.05, 0.1) is 23.8 Å². The molecule has 7 heteroatoms. The SMILES string of the molecule is COC(=O)[C@H](CC(C)C)NC(=O)c1cnc2onc(C)c2c1. The van der Waals surface area contributed by atoms with Gasteiger partial charge in [0.2, 0.25) is 0 Å². The summed E-state index contributed by atoms with van der Waals surface area (Å²) in [5.74, 6) is -0.603. The van der Waals surface area contributed by atoms with Crippen molar-refractivity contribution in [2.45, 2.75) is 33.2 Å². The predicted octanol–water partition coefficient (Wildman–Crippen LogP) is 1.85. The molecule has 22 heavy (non-hydrogen) atoms. The predicted molar refractivity (Wildman–Crippen MR) is 79.3 cm³/mol. The molecule has 7 nitrogen and oxygen atoms in total. The Kier molecular flexibility index (Phi) is 4.75. The van der Waals surface area contributed by atoms with Gasteiger partial charge >= 0.3 is 5.97 Å². The number of hydrogen-bond acceptors (Lipinski definition) is 6. The molecule has 0 spiro atoms. The summed E-state index contributed by atoms with van der Waals surface area (Å²) in [5.41, 5.74) is 1.38. The van der Waals surface area contributed by atoms with Crippen LogP contribution in [0.15, 0.2) is 16.8 Å². The largest absolute Gasteiger partial charge is 0.467 e. The summed E-state index contributed by atoms with van der Waals surface area (Å²) >= 11 is 0. The second-order valence-corrected chi connectivity index (χ2v) is 5.52. The molecule has 2 aromatic heterocycles. The number of hydrogen-bond donors (Lipinski definition) is 1. The number of nitrogens with zero attached hydrogens (tertiary/aromatic N) is 2. The van der Waals surface area contributed by atoms with E-state index in [0.717, 1.165) is 0 Å². The van der Waals surface area contributed by atoms with Gasteiger partial charge in [0.1, 0.15) is 6.04 Å². The van der Waals surface area contributed by atoms with Gasteiger partial charge in [-0.3, -0.25) is 4.79 Å². The number of aromatic nitrogens is 2. The number of methoxy groups -OCH3 is 1. The number of aryl methyl sites for hydroxylation is 1. The fourth-order valence-electron chi connectivity index (χ4n) is 2.14. The summed E-state index contributed by atoms with van der Waals surface area (Å²) in [4.78, 5) is 28.1. The van der Waals surface area contributed by atoms with Gasteiger partial charge in [-0.2, -0.15) is 0 Å². The quantitative estimate of drug-likeness (QED) is 0.847. The standard InChI is InChI=1S/C15H19N3O4/c1-8(2)5-12(15(20)21-4)17-13(19)10-6-11-9(3)18-22-14(11)16-7-10/h6-8,12H,5H2,1-4H3,(H,17,19)/t12-/m0/s1. The molecule has 0 radical (unpaired) electrons. The fourth-order valence-corrected chi connectivity index (χ4v) is 2.14. The van der Waals surface area contributed by atoms with E-state index in [1.165, 1.54) is 13.3 Å². The molecule has 0 aliphatic rings. The van der Waals surface area contributed by atoms with E-state index < -0.39 is 12.0 Å². The number of pyridine rings is 1. The highest BCUT2D eigenvalue weighted by Crippen LogP contribution is 2.17. The third kappa shape index (κ3) is 3.41. The Morgan fingerprint density at radius 2 is 2.14 bits per heavy atom. The molecule has 2 rings (SSSR count). The maximum Gasteiger partial charge on any atom is 0.328 e. The minimum Gasteiger partial charge on any atom is -0.467 e. The van der Waals surface area contributed by atoms with Crippen molar-refractivity contribution in [3.05, 3.63) is 23.5 Å². The Hall–Kier alpha value is -2.44. The first-order valence-corrected chi connectivity index (χ1v) is 7.03. The first-order valence-electron chi connectivity index (χ1n) is 7.03. The molecule has 1 amide bonds. The van der Waals surface area contributed by atoms with Crippen LogP contribution in [-0.4, -0.2) is 35.2 Å². The lowest BCUT2D eigenvalue weighted by molar-refractivity contribution is -0.143. The summed E-state index contributed by atoms with van der Waals surface area (Å²) in [6, 6.07) is 0.962. The lowest BCUT2D eigenvalue weighted by Gasteiger charge is -2.18. The van der Waals surface area contributed by atoms with Gasteiger partial charge < -0.3 is 14.6 Å². The number of rotatable bonds is 5. The number of esters is 1. The Balaban J connectivity index is 2.20. The maximum absolute atomic E-state index is 12.3. The zero-order valence-electron chi connectivity index (χ0n) is 13.0. The number of nitrogens with one attached hydrogen (secondary N) is 1. The van der Waals surface area contributed by atoms with Crippen molar-refractivity contribution >= 4 is 23.0 Å². The second kappa shape index (κ2) is 6.55. The van der Waals surface area contributed by atoms with Crippen molar-refractivity contribution in [3.63, 3.8) is 0 Å². The second-order valence-electron chi connectivity index (χ2n) is 5.52. The zero-order valence-corrected chi connectivity index (χ0v) is 13.0. The summed E-state index contributed by atoms with van der Waals surface area (Å²) in [7, 11) is 1.30. The van der Waals surface area contributed by atoms with E-state index in [2.05, 4.69) is 15.5 Å². The smallest absolute Gasteiger partial charge is 0.328 e. The number of carbonyl (C=O) groups excluding carboxylic acids is 2. The van der Waals surface area contributed by atoms with Gasteiger partial charge in [0, 0.05) is 6.20 Å². The molecule has 1 atom stereocenters. The van der Waals surface area contributed by atoms with Gasteiger partial charge in [0.25, 0.3) is 11.6 Å². The number of carbonyl (C=O) groups is 2. The van der Waals surface area contributed by atoms with Crippen molar-refractivity contribution in [2.75, 3.05) is 7.11 Å². The lowest BCUT2D eigenvalue weighted by Crippen LogP contribution is -2.42. The normalized spacial score (nSPS) is 12.4. The summed E-state index contributed by atoms with van der Waals surface area (Å²) < 4.78 is 9.74. The van der Waals surface area contributed by atoms with Gasteiger partial charge in [-0.1, -0.05) is 19.0 Å². The van der Waals surface area contributed by atoms with Crippen molar-refractivity contribution < 1.29 is 18.8 Å². The van der Waals surface area contributed by atoms with E-state index in [-0.39, 0.29) is 11.8 Å². The van der Waals surface area contributed by atoms with Crippen LogP contribution in [0.4, 0.5) is 0 Å². The Bertz CT molecular complexity index is 693. The summed E-state index contributed by atoms with van der Waals surface area (Å²) in [6.07, 6.45) is 1.90. The van der Waals surface area contributed by atoms with Gasteiger partial charge in [0.15, 0.2) is 0 Å². The van der Waals surface area contributed by atoms with E-state index in [0.29, 0.717) is 28.8 Å². The highest BCUT2D eigenvalue weighted by molar-refractivity contribution is 5.98. The van der Waals surface area contributed by atoms with Crippen LogP contribution in [-0.2, 0) is 9.53 Å².